The molecule has 0 spiro atoms. The van der Waals surface area contributed by atoms with Crippen LogP contribution in [0.4, 0.5) is 0 Å². The van der Waals surface area contributed by atoms with Gasteiger partial charge in [0.2, 0.25) is 0 Å². The molecule has 2 aromatic carbocycles. The molecule has 0 aliphatic heterocycles. The summed E-state index contributed by atoms with van der Waals surface area (Å²) in [5, 5.41) is 3.26. The zero-order valence-corrected chi connectivity index (χ0v) is 18.1. The summed E-state index contributed by atoms with van der Waals surface area (Å²) >= 11 is 6.15. The Morgan fingerprint density at radius 1 is 1.13 bits per heavy atom. The first-order valence-corrected chi connectivity index (χ1v) is 9.97. The molecule has 0 radical (unpaired) electrons. The van der Waals surface area contributed by atoms with Gasteiger partial charge in [0.25, 0.3) is 5.91 Å². The SMILES string of the molecule is CCCC(NC(=O)COC(=O)/C=C/c1cc(Cl)c(OC)c(OC)c1)c1ccccc1. The number of esters is 1. The summed E-state index contributed by atoms with van der Waals surface area (Å²) in [6.07, 6.45) is 4.46. The van der Waals surface area contributed by atoms with Crippen LogP contribution < -0.4 is 14.8 Å². The Morgan fingerprint density at radius 2 is 1.87 bits per heavy atom. The third-order valence-electron chi connectivity index (χ3n) is 4.33. The quantitative estimate of drug-likeness (QED) is 0.440. The number of benzene rings is 2. The molecule has 160 valence electrons. The molecule has 2 rings (SSSR count). The molecule has 1 atom stereocenters. The van der Waals surface area contributed by atoms with Crippen molar-refractivity contribution < 1.29 is 23.8 Å². The maximum absolute atomic E-state index is 12.2. The van der Waals surface area contributed by atoms with Crippen LogP contribution in [0.15, 0.2) is 48.5 Å². The molecule has 0 bridgehead atoms. The van der Waals surface area contributed by atoms with Gasteiger partial charge < -0.3 is 19.5 Å². The second-order valence-electron chi connectivity index (χ2n) is 6.50. The summed E-state index contributed by atoms with van der Waals surface area (Å²) in [5.41, 5.74) is 1.65. The Balaban J connectivity index is 1.92. The molecule has 30 heavy (non-hydrogen) atoms. The fourth-order valence-corrected chi connectivity index (χ4v) is 3.21. The molecule has 0 saturated heterocycles. The molecule has 0 aliphatic rings. The third kappa shape index (κ3) is 6.81. The number of rotatable bonds is 10. The number of amides is 1. The van der Waals surface area contributed by atoms with Crippen LogP contribution in [-0.4, -0.2) is 32.7 Å². The first kappa shape index (κ1) is 23.3. The highest BCUT2D eigenvalue weighted by atomic mass is 35.5. The molecule has 0 aromatic heterocycles. The minimum Gasteiger partial charge on any atom is -0.493 e. The monoisotopic (exact) mass is 431 g/mol. The summed E-state index contributed by atoms with van der Waals surface area (Å²) in [6.45, 7) is 1.69. The number of nitrogens with one attached hydrogen (secondary N) is 1. The van der Waals surface area contributed by atoms with Crippen molar-refractivity contribution >= 4 is 29.6 Å². The van der Waals surface area contributed by atoms with Crippen LogP contribution in [-0.2, 0) is 14.3 Å². The van der Waals surface area contributed by atoms with E-state index in [1.54, 1.807) is 12.1 Å². The van der Waals surface area contributed by atoms with Crippen LogP contribution in [0, 0.1) is 0 Å². The Kier molecular flexibility index (Phi) is 9.22. The van der Waals surface area contributed by atoms with E-state index in [9.17, 15) is 9.59 Å². The lowest BCUT2D eigenvalue weighted by Crippen LogP contribution is -2.32. The summed E-state index contributed by atoms with van der Waals surface area (Å²) in [4.78, 5) is 24.2. The van der Waals surface area contributed by atoms with Crippen LogP contribution in [0.25, 0.3) is 6.08 Å². The van der Waals surface area contributed by atoms with Crippen LogP contribution in [0.5, 0.6) is 11.5 Å². The minimum absolute atomic E-state index is 0.119. The molecule has 7 heteroatoms. The molecule has 1 unspecified atom stereocenters. The first-order valence-electron chi connectivity index (χ1n) is 9.59. The maximum Gasteiger partial charge on any atom is 0.331 e. The van der Waals surface area contributed by atoms with Crippen molar-refractivity contribution in [3.63, 3.8) is 0 Å². The average Bonchev–Trinajstić information content (AvgIpc) is 2.76. The Labute approximate surface area is 181 Å². The Hall–Kier alpha value is -2.99. The van der Waals surface area contributed by atoms with Gasteiger partial charge in [-0.1, -0.05) is 55.3 Å². The molecule has 1 amide bonds. The first-order chi connectivity index (χ1) is 14.5. The highest BCUT2D eigenvalue weighted by Crippen LogP contribution is 2.36. The number of ether oxygens (including phenoxy) is 3. The van der Waals surface area contributed by atoms with Gasteiger partial charge in [-0.05, 0) is 35.8 Å². The van der Waals surface area contributed by atoms with E-state index in [0.29, 0.717) is 22.1 Å². The van der Waals surface area contributed by atoms with Gasteiger partial charge in [0, 0.05) is 6.08 Å². The highest BCUT2D eigenvalue weighted by molar-refractivity contribution is 6.32. The smallest absolute Gasteiger partial charge is 0.331 e. The highest BCUT2D eigenvalue weighted by Gasteiger charge is 2.15. The van der Waals surface area contributed by atoms with Crippen molar-refractivity contribution in [2.24, 2.45) is 0 Å². The molecule has 2 aromatic rings. The van der Waals surface area contributed by atoms with E-state index in [1.807, 2.05) is 37.3 Å². The molecular formula is C23H26ClNO5. The topological polar surface area (TPSA) is 73.9 Å². The largest absolute Gasteiger partial charge is 0.493 e. The average molecular weight is 432 g/mol. The summed E-state index contributed by atoms with van der Waals surface area (Å²) < 4.78 is 15.4. The van der Waals surface area contributed by atoms with Crippen molar-refractivity contribution in [1.29, 1.82) is 0 Å². The zero-order valence-electron chi connectivity index (χ0n) is 17.3. The molecule has 0 saturated carbocycles. The van der Waals surface area contributed by atoms with Gasteiger partial charge in [-0.3, -0.25) is 4.79 Å². The number of hydrogen-bond acceptors (Lipinski definition) is 5. The minimum atomic E-state index is -0.636. The van der Waals surface area contributed by atoms with E-state index in [1.165, 1.54) is 26.4 Å². The standard InChI is InChI=1S/C23H26ClNO5/c1-4-8-19(17-9-6-5-7-10-17)25-21(26)15-30-22(27)12-11-16-13-18(24)23(29-3)20(14-16)28-2/h5-7,9-14,19H,4,8,15H2,1-3H3,(H,25,26)/b12-11+. The lowest BCUT2D eigenvalue weighted by Gasteiger charge is -2.18. The number of hydrogen-bond donors (Lipinski definition) is 1. The van der Waals surface area contributed by atoms with E-state index in [0.717, 1.165) is 18.4 Å². The lowest BCUT2D eigenvalue weighted by molar-refractivity contribution is -0.144. The van der Waals surface area contributed by atoms with Crippen LogP contribution in [0.1, 0.15) is 36.9 Å². The second kappa shape index (κ2) is 11.9. The van der Waals surface area contributed by atoms with Gasteiger partial charge in [-0.25, -0.2) is 4.79 Å². The zero-order chi connectivity index (χ0) is 21.9. The number of carbonyl (C=O) groups is 2. The van der Waals surface area contributed by atoms with Gasteiger partial charge in [0.05, 0.1) is 25.3 Å². The summed E-state index contributed by atoms with van der Waals surface area (Å²) in [7, 11) is 2.99. The van der Waals surface area contributed by atoms with E-state index in [2.05, 4.69) is 5.32 Å². The number of halogens is 1. The Morgan fingerprint density at radius 3 is 2.50 bits per heavy atom. The summed E-state index contributed by atoms with van der Waals surface area (Å²) in [5.74, 6) is -0.132. The molecule has 0 fully saturated rings. The second-order valence-corrected chi connectivity index (χ2v) is 6.91. The fourth-order valence-electron chi connectivity index (χ4n) is 2.92. The predicted molar refractivity (Wildman–Crippen MR) is 117 cm³/mol. The predicted octanol–water partition coefficient (Wildman–Crippen LogP) is 4.57. The molecule has 0 aliphatic carbocycles. The van der Waals surface area contributed by atoms with Gasteiger partial charge in [-0.15, -0.1) is 0 Å². The molecule has 6 nitrogen and oxygen atoms in total. The molecular weight excluding hydrogens is 406 g/mol. The molecule has 1 N–H and O–H groups in total. The normalized spacial score (nSPS) is 11.7. The molecule has 0 heterocycles. The maximum atomic E-state index is 12.2. The van der Waals surface area contributed by atoms with E-state index in [-0.39, 0.29) is 18.6 Å². The van der Waals surface area contributed by atoms with Crippen molar-refractivity contribution in [2.45, 2.75) is 25.8 Å². The van der Waals surface area contributed by atoms with Crippen LogP contribution in [0.3, 0.4) is 0 Å². The van der Waals surface area contributed by atoms with Gasteiger partial charge in [0.15, 0.2) is 18.1 Å². The fraction of sp³-hybridized carbons (Fsp3) is 0.304. The third-order valence-corrected chi connectivity index (χ3v) is 4.61. The van der Waals surface area contributed by atoms with Crippen LogP contribution in [0.2, 0.25) is 5.02 Å². The van der Waals surface area contributed by atoms with E-state index < -0.39 is 5.97 Å². The Bertz CT molecular complexity index is 883. The lowest BCUT2D eigenvalue weighted by atomic mass is 10.0. The van der Waals surface area contributed by atoms with Crippen molar-refractivity contribution in [2.75, 3.05) is 20.8 Å². The van der Waals surface area contributed by atoms with Gasteiger partial charge in [-0.2, -0.15) is 0 Å². The number of methoxy groups -OCH3 is 2. The van der Waals surface area contributed by atoms with Gasteiger partial charge >= 0.3 is 5.97 Å². The number of carbonyl (C=O) groups excluding carboxylic acids is 2. The summed E-state index contributed by atoms with van der Waals surface area (Å²) in [6, 6.07) is 12.9. The van der Waals surface area contributed by atoms with Crippen molar-refractivity contribution in [3.05, 3.63) is 64.7 Å². The van der Waals surface area contributed by atoms with Crippen molar-refractivity contribution in [1.82, 2.24) is 5.32 Å². The van der Waals surface area contributed by atoms with Gasteiger partial charge in [0.1, 0.15) is 0 Å². The van der Waals surface area contributed by atoms with Crippen molar-refractivity contribution in [3.8, 4) is 11.5 Å². The van der Waals surface area contributed by atoms with Crippen LogP contribution >= 0.6 is 11.6 Å². The van der Waals surface area contributed by atoms with E-state index >= 15 is 0 Å². The van der Waals surface area contributed by atoms with E-state index in [4.69, 9.17) is 25.8 Å².